The second-order valence-corrected chi connectivity index (χ2v) is 4.23. The minimum atomic E-state index is -0.367. The first-order chi connectivity index (χ1) is 6.58. The molecule has 0 bridgehead atoms. The molecular weight excluding hydrogens is 180 g/mol. The van der Waals surface area contributed by atoms with Gasteiger partial charge in [-0.1, -0.05) is 0 Å². The van der Waals surface area contributed by atoms with Gasteiger partial charge in [0.15, 0.2) is 0 Å². The van der Waals surface area contributed by atoms with Gasteiger partial charge >= 0.3 is 6.03 Å². The van der Waals surface area contributed by atoms with Gasteiger partial charge in [0.1, 0.15) is 0 Å². The van der Waals surface area contributed by atoms with Crippen molar-refractivity contribution in [1.29, 1.82) is 0 Å². The zero-order chi connectivity index (χ0) is 10.6. The molecule has 2 unspecified atom stereocenters. The first-order valence-corrected chi connectivity index (χ1v) is 5.33. The summed E-state index contributed by atoms with van der Waals surface area (Å²) < 4.78 is 0. The lowest BCUT2D eigenvalue weighted by molar-refractivity contribution is 0.169. The number of hydrogen-bond acceptors (Lipinski definition) is 2. The van der Waals surface area contributed by atoms with Crippen molar-refractivity contribution in [2.75, 3.05) is 0 Å². The van der Waals surface area contributed by atoms with Gasteiger partial charge in [0.25, 0.3) is 0 Å². The zero-order valence-electron chi connectivity index (χ0n) is 8.92. The predicted molar refractivity (Wildman–Crippen MR) is 55.1 cm³/mol. The van der Waals surface area contributed by atoms with E-state index in [0.717, 1.165) is 12.8 Å². The summed E-state index contributed by atoms with van der Waals surface area (Å²) in [6.45, 7) is 3.62. The van der Waals surface area contributed by atoms with Gasteiger partial charge in [0, 0.05) is 12.1 Å². The van der Waals surface area contributed by atoms with Gasteiger partial charge in [-0.3, -0.25) is 0 Å². The minimum Gasteiger partial charge on any atom is -0.393 e. The Kier molecular flexibility index (Phi) is 4.20. The van der Waals surface area contributed by atoms with E-state index in [1.54, 1.807) is 6.92 Å². The van der Waals surface area contributed by atoms with E-state index >= 15 is 0 Å². The van der Waals surface area contributed by atoms with E-state index in [-0.39, 0.29) is 18.2 Å². The summed E-state index contributed by atoms with van der Waals surface area (Å²) in [5.41, 5.74) is 0. The topological polar surface area (TPSA) is 61.4 Å². The highest BCUT2D eigenvalue weighted by molar-refractivity contribution is 5.74. The second kappa shape index (κ2) is 5.20. The van der Waals surface area contributed by atoms with Crippen molar-refractivity contribution >= 4 is 6.03 Å². The fourth-order valence-electron chi connectivity index (χ4n) is 1.57. The minimum absolute atomic E-state index is 0.0232. The first kappa shape index (κ1) is 11.3. The van der Waals surface area contributed by atoms with E-state index < -0.39 is 0 Å². The highest BCUT2D eigenvalue weighted by Gasteiger charge is 2.20. The Labute approximate surface area is 85.1 Å². The Bertz CT molecular complexity index is 191. The molecule has 0 spiro atoms. The molecule has 1 fully saturated rings. The molecule has 0 heterocycles. The summed E-state index contributed by atoms with van der Waals surface area (Å²) in [5.74, 6) is 0. The van der Waals surface area contributed by atoms with Gasteiger partial charge in [-0.25, -0.2) is 4.79 Å². The third-order valence-corrected chi connectivity index (χ3v) is 2.51. The standard InChI is InChI=1S/C10H20N2O2/c1-7(6-8(2)13)11-10(14)12-9-4-3-5-9/h7-9,13H,3-6H2,1-2H3,(H2,11,12,14). The molecule has 1 rings (SSSR count). The number of urea groups is 1. The molecule has 14 heavy (non-hydrogen) atoms. The Hall–Kier alpha value is -0.770. The number of carbonyl (C=O) groups excluding carboxylic acids is 1. The van der Waals surface area contributed by atoms with Gasteiger partial charge in [0.2, 0.25) is 0 Å². The van der Waals surface area contributed by atoms with Crippen molar-refractivity contribution in [3.63, 3.8) is 0 Å². The van der Waals surface area contributed by atoms with E-state index in [9.17, 15) is 4.79 Å². The molecule has 0 aliphatic heterocycles. The van der Waals surface area contributed by atoms with E-state index in [1.807, 2.05) is 6.92 Å². The summed E-state index contributed by atoms with van der Waals surface area (Å²) >= 11 is 0. The van der Waals surface area contributed by atoms with Gasteiger partial charge in [-0.2, -0.15) is 0 Å². The number of nitrogens with one attached hydrogen (secondary N) is 2. The molecule has 0 saturated heterocycles. The Morgan fingerprint density at radius 1 is 1.50 bits per heavy atom. The van der Waals surface area contributed by atoms with E-state index in [1.165, 1.54) is 6.42 Å². The molecule has 3 N–H and O–H groups in total. The van der Waals surface area contributed by atoms with Gasteiger partial charge in [-0.15, -0.1) is 0 Å². The lowest BCUT2D eigenvalue weighted by Crippen LogP contribution is -2.48. The molecule has 2 atom stereocenters. The van der Waals surface area contributed by atoms with Crippen LogP contribution in [0.3, 0.4) is 0 Å². The number of rotatable bonds is 4. The monoisotopic (exact) mass is 200 g/mol. The molecule has 0 aromatic carbocycles. The fourth-order valence-corrected chi connectivity index (χ4v) is 1.57. The highest BCUT2D eigenvalue weighted by Crippen LogP contribution is 2.17. The van der Waals surface area contributed by atoms with E-state index in [2.05, 4.69) is 10.6 Å². The van der Waals surface area contributed by atoms with Crippen LogP contribution < -0.4 is 10.6 Å². The van der Waals surface area contributed by atoms with Crippen LogP contribution in [0.15, 0.2) is 0 Å². The number of aliphatic hydroxyl groups excluding tert-OH is 1. The quantitative estimate of drug-likeness (QED) is 0.634. The first-order valence-electron chi connectivity index (χ1n) is 5.33. The molecule has 0 aromatic rings. The fraction of sp³-hybridized carbons (Fsp3) is 0.900. The predicted octanol–water partition coefficient (Wildman–Crippen LogP) is 0.997. The smallest absolute Gasteiger partial charge is 0.315 e. The average Bonchev–Trinajstić information content (AvgIpc) is 1.94. The molecule has 82 valence electrons. The molecule has 0 radical (unpaired) electrons. The van der Waals surface area contributed by atoms with Crippen molar-refractivity contribution in [2.45, 2.75) is 57.7 Å². The molecule has 2 amide bonds. The molecule has 4 nitrogen and oxygen atoms in total. The Balaban J connectivity index is 2.11. The summed E-state index contributed by atoms with van der Waals surface area (Å²) in [6.07, 6.45) is 3.64. The van der Waals surface area contributed by atoms with E-state index in [0.29, 0.717) is 12.5 Å². The van der Waals surface area contributed by atoms with Crippen LogP contribution in [0.2, 0.25) is 0 Å². The van der Waals surface area contributed by atoms with Gasteiger partial charge in [0.05, 0.1) is 6.10 Å². The van der Waals surface area contributed by atoms with Crippen LogP contribution in [0.25, 0.3) is 0 Å². The molecular formula is C10H20N2O2. The lowest BCUT2D eigenvalue weighted by atomic mass is 9.93. The number of carbonyl (C=O) groups is 1. The van der Waals surface area contributed by atoms with Crippen LogP contribution in [0.5, 0.6) is 0 Å². The van der Waals surface area contributed by atoms with Crippen molar-refractivity contribution < 1.29 is 9.90 Å². The zero-order valence-corrected chi connectivity index (χ0v) is 8.92. The summed E-state index contributed by atoms with van der Waals surface area (Å²) in [5, 5.41) is 14.8. The van der Waals surface area contributed by atoms with Crippen LogP contribution in [-0.4, -0.2) is 29.3 Å². The highest BCUT2D eigenvalue weighted by atomic mass is 16.3. The maximum absolute atomic E-state index is 11.3. The van der Waals surface area contributed by atoms with Crippen molar-refractivity contribution in [3.05, 3.63) is 0 Å². The van der Waals surface area contributed by atoms with Crippen molar-refractivity contribution in [2.24, 2.45) is 0 Å². The maximum atomic E-state index is 11.3. The lowest BCUT2D eigenvalue weighted by Gasteiger charge is -2.27. The van der Waals surface area contributed by atoms with Crippen LogP contribution in [0.1, 0.15) is 39.5 Å². The third-order valence-electron chi connectivity index (χ3n) is 2.51. The largest absolute Gasteiger partial charge is 0.393 e. The third kappa shape index (κ3) is 3.96. The van der Waals surface area contributed by atoms with Crippen molar-refractivity contribution in [3.8, 4) is 0 Å². The summed E-state index contributed by atoms with van der Waals surface area (Å²) in [4.78, 5) is 11.3. The van der Waals surface area contributed by atoms with Crippen LogP contribution in [-0.2, 0) is 0 Å². The maximum Gasteiger partial charge on any atom is 0.315 e. The second-order valence-electron chi connectivity index (χ2n) is 4.23. The van der Waals surface area contributed by atoms with Crippen LogP contribution >= 0.6 is 0 Å². The molecule has 4 heteroatoms. The van der Waals surface area contributed by atoms with Crippen LogP contribution in [0.4, 0.5) is 4.79 Å². The van der Waals surface area contributed by atoms with Gasteiger partial charge < -0.3 is 15.7 Å². The van der Waals surface area contributed by atoms with E-state index in [4.69, 9.17) is 5.11 Å². The summed E-state index contributed by atoms with van der Waals surface area (Å²) in [7, 11) is 0. The number of hydrogen-bond donors (Lipinski definition) is 3. The molecule has 1 aliphatic carbocycles. The Morgan fingerprint density at radius 3 is 2.57 bits per heavy atom. The molecule has 1 saturated carbocycles. The Morgan fingerprint density at radius 2 is 2.14 bits per heavy atom. The number of aliphatic hydroxyl groups is 1. The average molecular weight is 200 g/mol. The van der Waals surface area contributed by atoms with Crippen LogP contribution in [0, 0.1) is 0 Å². The molecule has 1 aliphatic rings. The number of amides is 2. The van der Waals surface area contributed by atoms with Gasteiger partial charge in [-0.05, 0) is 39.5 Å². The SMILES string of the molecule is CC(O)CC(C)NC(=O)NC1CCC1. The van der Waals surface area contributed by atoms with Crippen molar-refractivity contribution in [1.82, 2.24) is 10.6 Å². The summed E-state index contributed by atoms with van der Waals surface area (Å²) in [6, 6.07) is 0.284. The molecule has 0 aromatic heterocycles. The normalized spacial score (nSPS) is 20.8.